The van der Waals surface area contributed by atoms with E-state index in [4.69, 9.17) is 10.5 Å². The van der Waals surface area contributed by atoms with Crippen molar-refractivity contribution in [2.24, 2.45) is 17.6 Å². The number of nitrogens with one attached hydrogen (secondary N) is 1. The summed E-state index contributed by atoms with van der Waals surface area (Å²) in [6.45, 7) is 2.54. The molecule has 1 aliphatic rings. The van der Waals surface area contributed by atoms with Crippen molar-refractivity contribution in [1.29, 1.82) is 0 Å². The van der Waals surface area contributed by atoms with Crippen LogP contribution < -0.4 is 15.8 Å². The van der Waals surface area contributed by atoms with Crippen molar-refractivity contribution in [3.8, 4) is 11.5 Å². The Balaban J connectivity index is 1.67. The standard InChI is InChI=1S/C19H23N3O2/c1-13-10-15(22-19(23)17-6-2-4-14(17)11-20)7-8-18(13)24-16-5-3-9-21-12-16/h3,5,7-10,12,14,17H,2,4,6,11,20H2,1H3,(H,22,23)/t14-,17-/m1/s1. The number of nitrogens with zero attached hydrogens (tertiary/aromatic N) is 1. The molecule has 2 atom stereocenters. The lowest BCUT2D eigenvalue weighted by Gasteiger charge is -2.18. The van der Waals surface area contributed by atoms with Crippen molar-refractivity contribution in [3.05, 3.63) is 48.3 Å². The van der Waals surface area contributed by atoms with Gasteiger partial charge in [0.15, 0.2) is 0 Å². The zero-order valence-electron chi connectivity index (χ0n) is 13.9. The monoisotopic (exact) mass is 325 g/mol. The first-order chi connectivity index (χ1) is 11.7. The van der Waals surface area contributed by atoms with E-state index in [0.29, 0.717) is 18.2 Å². The third-order valence-electron chi connectivity index (χ3n) is 4.60. The number of benzene rings is 1. The number of anilines is 1. The number of nitrogens with two attached hydrogens (primary N) is 1. The summed E-state index contributed by atoms with van der Waals surface area (Å²) in [6, 6.07) is 9.34. The summed E-state index contributed by atoms with van der Waals surface area (Å²) in [6.07, 6.45) is 6.43. The first-order valence-electron chi connectivity index (χ1n) is 8.37. The maximum atomic E-state index is 12.5. The van der Waals surface area contributed by atoms with Gasteiger partial charge in [0.25, 0.3) is 0 Å². The molecule has 1 fully saturated rings. The van der Waals surface area contributed by atoms with Crippen molar-refractivity contribution >= 4 is 11.6 Å². The lowest BCUT2D eigenvalue weighted by atomic mass is 9.95. The molecule has 0 bridgehead atoms. The van der Waals surface area contributed by atoms with E-state index < -0.39 is 0 Å². The van der Waals surface area contributed by atoms with Gasteiger partial charge in [-0.25, -0.2) is 0 Å². The van der Waals surface area contributed by atoms with E-state index in [2.05, 4.69) is 10.3 Å². The van der Waals surface area contributed by atoms with Crippen LogP contribution in [0.25, 0.3) is 0 Å². The molecule has 0 aliphatic heterocycles. The van der Waals surface area contributed by atoms with E-state index >= 15 is 0 Å². The quantitative estimate of drug-likeness (QED) is 0.882. The molecule has 5 heteroatoms. The molecule has 3 rings (SSSR count). The number of amides is 1. The molecule has 1 aliphatic carbocycles. The van der Waals surface area contributed by atoms with Gasteiger partial charge in [0.1, 0.15) is 11.5 Å². The van der Waals surface area contributed by atoms with Gasteiger partial charge in [0.2, 0.25) is 5.91 Å². The van der Waals surface area contributed by atoms with Gasteiger partial charge >= 0.3 is 0 Å². The Morgan fingerprint density at radius 3 is 2.96 bits per heavy atom. The summed E-state index contributed by atoms with van der Waals surface area (Å²) in [5.41, 5.74) is 7.52. The Morgan fingerprint density at radius 2 is 2.25 bits per heavy atom. The third-order valence-corrected chi connectivity index (χ3v) is 4.60. The van der Waals surface area contributed by atoms with E-state index in [0.717, 1.165) is 36.3 Å². The first-order valence-corrected chi connectivity index (χ1v) is 8.37. The fraction of sp³-hybridized carbons (Fsp3) is 0.368. The number of hydrogen-bond acceptors (Lipinski definition) is 4. The molecule has 5 nitrogen and oxygen atoms in total. The predicted molar refractivity (Wildman–Crippen MR) is 94.0 cm³/mol. The highest BCUT2D eigenvalue weighted by molar-refractivity contribution is 5.93. The van der Waals surface area contributed by atoms with E-state index in [9.17, 15) is 4.79 Å². The SMILES string of the molecule is Cc1cc(NC(=O)[C@@H]2CCC[C@@H]2CN)ccc1Oc1cccnc1. The predicted octanol–water partition coefficient (Wildman–Crippen LogP) is 3.50. The third kappa shape index (κ3) is 3.74. The molecule has 1 heterocycles. The largest absolute Gasteiger partial charge is 0.455 e. The van der Waals surface area contributed by atoms with Crippen LogP contribution in [0.1, 0.15) is 24.8 Å². The lowest BCUT2D eigenvalue weighted by molar-refractivity contribution is -0.120. The minimum absolute atomic E-state index is 0.0293. The van der Waals surface area contributed by atoms with Crippen LogP contribution in [0.4, 0.5) is 5.69 Å². The van der Waals surface area contributed by atoms with Gasteiger partial charge in [-0.3, -0.25) is 9.78 Å². The van der Waals surface area contributed by atoms with Gasteiger partial charge in [-0.2, -0.15) is 0 Å². The van der Waals surface area contributed by atoms with Gasteiger partial charge < -0.3 is 15.8 Å². The number of carbonyl (C=O) groups is 1. The molecule has 2 aromatic rings. The second-order valence-electron chi connectivity index (χ2n) is 6.29. The van der Waals surface area contributed by atoms with E-state index in [1.54, 1.807) is 12.4 Å². The van der Waals surface area contributed by atoms with Crippen molar-refractivity contribution < 1.29 is 9.53 Å². The average molecular weight is 325 g/mol. The highest BCUT2D eigenvalue weighted by Gasteiger charge is 2.31. The summed E-state index contributed by atoms with van der Waals surface area (Å²) >= 11 is 0. The lowest BCUT2D eigenvalue weighted by Crippen LogP contribution is -2.29. The van der Waals surface area contributed by atoms with Gasteiger partial charge in [0.05, 0.1) is 6.20 Å². The summed E-state index contributed by atoms with van der Waals surface area (Å²) in [4.78, 5) is 16.5. The smallest absolute Gasteiger partial charge is 0.227 e. The minimum atomic E-state index is 0.0293. The molecular formula is C19H23N3O2. The van der Waals surface area contributed by atoms with Crippen LogP contribution in [-0.4, -0.2) is 17.4 Å². The molecule has 24 heavy (non-hydrogen) atoms. The normalized spacial score (nSPS) is 19.9. The second kappa shape index (κ2) is 7.45. The van der Waals surface area contributed by atoms with E-state index in [1.165, 1.54) is 0 Å². The van der Waals surface area contributed by atoms with Gasteiger partial charge in [-0.05, 0) is 68.1 Å². The van der Waals surface area contributed by atoms with Crippen molar-refractivity contribution in [2.75, 3.05) is 11.9 Å². The number of hydrogen-bond donors (Lipinski definition) is 2. The van der Waals surface area contributed by atoms with Crippen molar-refractivity contribution in [3.63, 3.8) is 0 Å². The van der Waals surface area contributed by atoms with E-state index in [1.807, 2.05) is 37.3 Å². The Kier molecular flexibility index (Phi) is 5.11. The topological polar surface area (TPSA) is 77.2 Å². The van der Waals surface area contributed by atoms with Gasteiger partial charge in [-0.1, -0.05) is 6.42 Å². The molecule has 3 N–H and O–H groups in total. The molecule has 0 unspecified atom stereocenters. The zero-order valence-corrected chi connectivity index (χ0v) is 13.9. The van der Waals surface area contributed by atoms with Crippen LogP contribution in [0.15, 0.2) is 42.7 Å². The summed E-state index contributed by atoms with van der Waals surface area (Å²) < 4.78 is 5.81. The fourth-order valence-corrected chi connectivity index (χ4v) is 3.28. The molecule has 0 radical (unpaired) electrons. The van der Waals surface area contributed by atoms with Crippen LogP contribution in [-0.2, 0) is 4.79 Å². The maximum absolute atomic E-state index is 12.5. The zero-order chi connectivity index (χ0) is 16.9. The summed E-state index contributed by atoms with van der Waals surface area (Å²) in [5.74, 6) is 1.85. The molecule has 1 amide bonds. The number of ether oxygens (including phenoxy) is 1. The molecule has 1 aromatic carbocycles. The van der Waals surface area contributed by atoms with Gasteiger partial charge in [0, 0.05) is 17.8 Å². The maximum Gasteiger partial charge on any atom is 0.227 e. The molecule has 126 valence electrons. The second-order valence-corrected chi connectivity index (χ2v) is 6.29. The molecule has 0 spiro atoms. The Labute approximate surface area is 142 Å². The number of pyridine rings is 1. The van der Waals surface area contributed by atoms with Crippen LogP contribution in [0.3, 0.4) is 0 Å². The number of aromatic nitrogens is 1. The van der Waals surface area contributed by atoms with Crippen molar-refractivity contribution in [1.82, 2.24) is 4.98 Å². The highest BCUT2D eigenvalue weighted by Crippen LogP contribution is 2.32. The fourth-order valence-electron chi connectivity index (χ4n) is 3.28. The Hall–Kier alpha value is -2.40. The average Bonchev–Trinajstić information content (AvgIpc) is 3.07. The number of aryl methyl sites for hydroxylation is 1. The summed E-state index contributed by atoms with van der Waals surface area (Å²) in [7, 11) is 0. The van der Waals surface area contributed by atoms with Gasteiger partial charge in [-0.15, -0.1) is 0 Å². The summed E-state index contributed by atoms with van der Waals surface area (Å²) in [5, 5.41) is 3.02. The van der Waals surface area contributed by atoms with Crippen molar-refractivity contribution in [2.45, 2.75) is 26.2 Å². The van der Waals surface area contributed by atoms with Crippen LogP contribution >= 0.6 is 0 Å². The minimum Gasteiger partial charge on any atom is -0.455 e. The highest BCUT2D eigenvalue weighted by atomic mass is 16.5. The first kappa shape index (κ1) is 16.5. The Bertz CT molecular complexity index is 703. The van der Waals surface area contributed by atoms with Crippen LogP contribution in [0.2, 0.25) is 0 Å². The molecule has 0 saturated heterocycles. The number of carbonyl (C=O) groups excluding carboxylic acids is 1. The Morgan fingerprint density at radius 1 is 1.38 bits per heavy atom. The molecule has 1 saturated carbocycles. The number of rotatable bonds is 5. The molecular weight excluding hydrogens is 302 g/mol. The van der Waals surface area contributed by atoms with E-state index in [-0.39, 0.29) is 11.8 Å². The molecule has 1 aromatic heterocycles. The van der Waals surface area contributed by atoms with Crippen LogP contribution in [0, 0.1) is 18.8 Å². The van der Waals surface area contributed by atoms with Crippen LogP contribution in [0.5, 0.6) is 11.5 Å².